The van der Waals surface area contributed by atoms with E-state index in [1.165, 1.54) is 105 Å². The molecule has 0 atom stereocenters. The third kappa shape index (κ3) is 5.57. The largest absolute Gasteiger partial charge is 0.310 e. The van der Waals surface area contributed by atoms with Gasteiger partial charge in [-0.2, -0.15) is 0 Å². The lowest BCUT2D eigenvalue weighted by Gasteiger charge is -2.32. The summed E-state index contributed by atoms with van der Waals surface area (Å²) < 4.78 is 2.38. The molecular weight excluding hydrogens is 809 g/mol. The number of hydrogen-bond donors (Lipinski definition) is 0. The van der Waals surface area contributed by atoms with Gasteiger partial charge in [0.25, 0.3) is 0 Å². The van der Waals surface area contributed by atoms with Crippen molar-refractivity contribution < 1.29 is 0 Å². The molecule has 0 unspecified atom stereocenters. The van der Waals surface area contributed by atoms with Gasteiger partial charge in [-0.15, -0.1) is 0 Å². The zero-order valence-electron chi connectivity index (χ0n) is 36.6. The first-order valence-electron chi connectivity index (χ1n) is 23.2. The quantitative estimate of drug-likeness (QED) is 0.162. The van der Waals surface area contributed by atoms with Crippen LogP contribution in [0.5, 0.6) is 0 Å². The third-order valence-corrected chi connectivity index (χ3v) is 14.6. The maximum absolute atomic E-state index is 2.48. The SMILES string of the molecule is c1ccc(-n2c3ccccc3c3cc(-c4ccc(N(c5ccc(-c6ccc7ccccc7c6)cc5)c5ccc6c(c5)C5(c7ccccc7-c7ccccc75)c5ccccc5-6)cc4)ccc32)cc1. The fraction of sp³-hybridized carbons (Fsp3) is 0.0154. The summed E-state index contributed by atoms with van der Waals surface area (Å²) in [5.41, 5.74) is 21.8. The highest BCUT2D eigenvalue weighted by atomic mass is 15.1. The molecule has 11 aromatic carbocycles. The smallest absolute Gasteiger partial charge is 0.0726 e. The minimum Gasteiger partial charge on any atom is -0.310 e. The minimum absolute atomic E-state index is 0.438. The van der Waals surface area contributed by atoms with Crippen LogP contribution in [0.3, 0.4) is 0 Å². The lowest BCUT2D eigenvalue weighted by molar-refractivity contribution is 0.793. The number of nitrogens with zero attached hydrogens (tertiary/aromatic N) is 2. The van der Waals surface area contributed by atoms with Crippen molar-refractivity contribution in [3.8, 4) is 50.2 Å². The van der Waals surface area contributed by atoms with Crippen LogP contribution in [0.15, 0.2) is 255 Å². The number of aromatic nitrogens is 1. The molecule has 12 aromatic rings. The molecule has 0 aliphatic heterocycles. The normalized spacial score (nSPS) is 12.9. The van der Waals surface area contributed by atoms with Crippen molar-refractivity contribution >= 4 is 49.6 Å². The number of benzene rings is 11. The summed E-state index contributed by atoms with van der Waals surface area (Å²) in [6.45, 7) is 0. The molecule has 0 saturated heterocycles. The summed E-state index contributed by atoms with van der Waals surface area (Å²) in [5.74, 6) is 0. The maximum atomic E-state index is 2.48. The fourth-order valence-electron chi connectivity index (χ4n) is 11.7. The highest BCUT2D eigenvalue weighted by Crippen LogP contribution is 2.63. The predicted octanol–water partition coefficient (Wildman–Crippen LogP) is 17.1. The Balaban J connectivity index is 0.924. The molecule has 67 heavy (non-hydrogen) atoms. The van der Waals surface area contributed by atoms with Crippen LogP contribution in [0.25, 0.3) is 82.8 Å². The van der Waals surface area contributed by atoms with Gasteiger partial charge in [0.2, 0.25) is 0 Å². The molecule has 0 saturated carbocycles. The lowest BCUT2D eigenvalue weighted by Crippen LogP contribution is -2.26. The van der Waals surface area contributed by atoms with E-state index in [1.54, 1.807) is 0 Å². The van der Waals surface area contributed by atoms with Crippen molar-refractivity contribution in [2.45, 2.75) is 5.41 Å². The van der Waals surface area contributed by atoms with Gasteiger partial charge in [-0.05, 0) is 150 Å². The van der Waals surface area contributed by atoms with Crippen molar-refractivity contribution in [3.05, 3.63) is 277 Å². The Kier molecular flexibility index (Phi) is 8.23. The maximum Gasteiger partial charge on any atom is 0.0726 e. The Morgan fingerprint density at radius 3 is 1.42 bits per heavy atom. The van der Waals surface area contributed by atoms with Crippen molar-refractivity contribution in [1.82, 2.24) is 4.57 Å². The summed E-state index contributed by atoms with van der Waals surface area (Å²) in [7, 11) is 0. The van der Waals surface area contributed by atoms with Gasteiger partial charge >= 0.3 is 0 Å². The van der Waals surface area contributed by atoms with Gasteiger partial charge in [-0.25, -0.2) is 0 Å². The summed E-state index contributed by atoms with van der Waals surface area (Å²) in [6, 6.07) is 94.3. The van der Waals surface area contributed by atoms with Gasteiger partial charge in [-0.3, -0.25) is 0 Å². The van der Waals surface area contributed by atoms with Gasteiger partial charge in [-0.1, -0.05) is 182 Å². The Morgan fingerprint density at radius 1 is 0.284 bits per heavy atom. The number of anilines is 3. The lowest BCUT2D eigenvalue weighted by atomic mass is 9.70. The van der Waals surface area contributed by atoms with Gasteiger partial charge in [0.05, 0.1) is 16.4 Å². The Hall–Kier alpha value is -8.72. The first-order chi connectivity index (χ1) is 33.2. The van der Waals surface area contributed by atoms with Crippen LogP contribution in [-0.2, 0) is 5.41 Å². The van der Waals surface area contributed by atoms with Crippen molar-refractivity contribution in [2.75, 3.05) is 4.90 Å². The fourth-order valence-corrected chi connectivity index (χ4v) is 11.7. The zero-order chi connectivity index (χ0) is 44.1. The molecule has 2 heteroatoms. The monoisotopic (exact) mass is 850 g/mol. The molecule has 1 aromatic heterocycles. The molecule has 312 valence electrons. The minimum atomic E-state index is -0.438. The van der Waals surface area contributed by atoms with Crippen LogP contribution in [-0.4, -0.2) is 4.57 Å². The van der Waals surface area contributed by atoms with E-state index >= 15 is 0 Å². The molecule has 0 bridgehead atoms. The van der Waals surface area contributed by atoms with E-state index in [0.717, 1.165) is 17.1 Å². The molecule has 0 N–H and O–H groups in total. The van der Waals surface area contributed by atoms with E-state index in [4.69, 9.17) is 0 Å². The summed E-state index contributed by atoms with van der Waals surface area (Å²) >= 11 is 0. The molecule has 0 fully saturated rings. The van der Waals surface area contributed by atoms with Crippen LogP contribution in [0.1, 0.15) is 22.3 Å². The van der Waals surface area contributed by atoms with Gasteiger partial charge in [0.15, 0.2) is 0 Å². The average Bonchev–Trinajstić information content (AvgIpc) is 4.01. The Bertz CT molecular complexity index is 3850. The zero-order valence-corrected chi connectivity index (χ0v) is 36.6. The number of hydrogen-bond acceptors (Lipinski definition) is 1. The standard InChI is InChI=1S/C65H42N2/c1-2-16-49(17-3-1)67-63-25-13-9-21-57(63)58-41-48(32-39-64(58)67)45-30-35-51(36-31-45)66(50-33-28-44(29-34-50)47-27-26-43-14-4-5-15-46(43)40-47)52-37-38-56-55-20-8-12-24-61(55)65(62(56)42-52)59-22-10-6-18-53(59)54-19-7-11-23-60(54)65/h1-42H. The highest BCUT2D eigenvalue weighted by molar-refractivity contribution is 6.10. The Morgan fingerprint density at radius 2 is 0.761 bits per heavy atom. The van der Waals surface area contributed by atoms with Crippen molar-refractivity contribution in [3.63, 3.8) is 0 Å². The first-order valence-corrected chi connectivity index (χ1v) is 23.2. The molecular formula is C65H42N2. The van der Waals surface area contributed by atoms with E-state index in [0.29, 0.717) is 0 Å². The van der Waals surface area contributed by atoms with E-state index < -0.39 is 5.41 Å². The molecule has 2 nitrogen and oxygen atoms in total. The summed E-state index contributed by atoms with van der Waals surface area (Å²) in [5, 5.41) is 5.00. The van der Waals surface area contributed by atoms with Crippen LogP contribution in [0.2, 0.25) is 0 Å². The third-order valence-electron chi connectivity index (χ3n) is 14.6. The number of fused-ring (bicyclic) bond motifs is 14. The van der Waals surface area contributed by atoms with Crippen molar-refractivity contribution in [2.24, 2.45) is 0 Å². The van der Waals surface area contributed by atoms with Crippen LogP contribution in [0.4, 0.5) is 17.1 Å². The van der Waals surface area contributed by atoms with Gasteiger partial charge in [0, 0.05) is 33.5 Å². The molecule has 0 amide bonds. The van der Waals surface area contributed by atoms with Gasteiger partial charge < -0.3 is 9.47 Å². The van der Waals surface area contributed by atoms with E-state index in [1.807, 2.05) is 0 Å². The predicted molar refractivity (Wildman–Crippen MR) is 280 cm³/mol. The molecule has 1 heterocycles. The van der Waals surface area contributed by atoms with Crippen LogP contribution < -0.4 is 4.90 Å². The summed E-state index contributed by atoms with van der Waals surface area (Å²) in [4.78, 5) is 2.44. The van der Waals surface area contributed by atoms with Gasteiger partial charge in [0.1, 0.15) is 0 Å². The molecule has 14 rings (SSSR count). The van der Waals surface area contributed by atoms with E-state index in [2.05, 4.69) is 264 Å². The topological polar surface area (TPSA) is 8.17 Å². The number of para-hydroxylation sites is 2. The molecule has 1 spiro atoms. The number of rotatable bonds is 6. The molecule has 0 radical (unpaired) electrons. The molecule has 2 aliphatic rings. The van der Waals surface area contributed by atoms with Crippen LogP contribution in [0, 0.1) is 0 Å². The second-order valence-corrected chi connectivity index (χ2v) is 18.0. The summed E-state index contributed by atoms with van der Waals surface area (Å²) in [6.07, 6.45) is 0. The van der Waals surface area contributed by atoms with E-state index in [9.17, 15) is 0 Å². The molecule has 2 aliphatic carbocycles. The Labute approximate surface area is 389 Å². The highest BCUT2D eigenvalue weighted by Gasteiger charge is 2.51. The second kappa shape index (κ2) is 14.7. The van der Waals surface area contributed by atoms with Crippen LogP contribution >= 0.6 is 0 Å². The first kappa shape index (κ1) is 37.6. The second-order valence-electron chi connectivity index (χ2n) is 18.0. The average molecular weight is 851 g/mol. The van der Waals surface area contributed by atoms with E-state index in [-0.39, 0.29) is 0 Å². The van der Waals surface area contributed by atoms with Crippen molar-refractivity contribution in [1.29, 1.82) is 0 Å².